The maximum absolute atomic E-state index is 14.4. The van der Waals surface area contributed by atoms with Crippen molar-refractivity contribution in [3.05, 3.63) is 77.5 Å². The predicted octanol–water partition coefficient (Wildman–Crippen LogP) is 5.55. The van der Waals surface area contributed by atoms with Crippen LogP contribution in [0.5, 0.6) is 0 Å². The summed E-state index contributed by atoms with van der Waals surface area (Å²) in [6, 6.07) is 12.5. The largest absolute Gasteiger partial charge is 0.344 e. The SMILES string of the molecule is Fc1ccc(Cl)cc1-c1[nH]cnc1-c1ccc2ncc(C3=CCN=C3)cc2c1. The van der Waals surface area contributed by atoms with E-state index >= 15 is 0 Å². The first kappa shape index (κ1) is 16.8. The number of aromatic nitrogens is 3. The van der Waals surface area contributed by atoms with Crippen molar-refractivity contribution in [2.75, 3.05) is 6.54 Å². The molecule has 1 aliphatic rings. The minimum atomic E-state index is -0.355. The van der Waals surface area contributed by atoms with Crippen molar-refractivity contribution >= 4 is 34.3 Å². The first-order valence-corrected chi connectivity index (χ1v) is 9.16. The van der Waals surface area contributed by atoms with Crippen molar-refractivity contribution in [3.63, 3.8) is 0 Å². The van der Waals surface area contributed by atoms with Crippen LogP contribution >= 0.6 is 11.6 Å². The molecular weight excluding hydrogens is 375 g/mol. The number of nitrogens with zero attached hydrogens (tertiary/aromatic N) is 3. The Morgan fingerprint density at radius 1 is 1.00 bits per heavy atom. The van der Waals surface area contributed by atoms with Crippen molar-refractivity contribution in [2.45, 2.75) is 0 Å². The zero-order valence-corrected chi connectivity index (χ0v) is 15.4. The first-order chi connectivity index (χ1) is 13.7. The van der Waals surface area contributed by atoms with Gasteiger partial charge in [0, 0.05) is 39.5 Å². The summed E-state index contributed by atoms with van der Waals surface area (Å²) < 4.78 is 14.4. The highest BCUT2D eigenvalue weighted by molar-refractivity contribution is 6.30. The van der Waals surface area contributed by atoms with E-state index in [9.17, 15) is 4.39 Å². The van der Waals surface area contributed by atoms with Gasteiger partial charge < -0.3 is 4.98 Å². The molecule has 136 valence electrons. The summed E-state index contributed by atoms with van der Waals surface area (Å²) in [6.45, 7) is 0.704. The van der Waals surface area contributed by atoms with Crippen molar-refractivity contribution in [1.29, 1.82) is 0 Å². The zero-order chi connectivity index (χ0) is 19.1. The smallest absolute Gasteiger partial charge is 0.132 e. The average Bonchev–Trinajstić information content (AvgIpc) is 3.41. The fourth-order valence-electron chi connectivity index (χ4n) is 3.39. The summed E-state index contributed by atoms with van der Waals surface area (Å²) in [5.41, 5.74) is 5.49. The standard InChI is InChI=1S/C22H14ClFN4/c23-17-2-3-19(24)18(9-17)22-21(27-12-28-22)13-1-4-20-15(7-13)8-16(11-26-20)14-5-6-25-10-14/h1-5,7-12H,6H2,(H,27,28). The van der Waals surface area contributed by atoms with Gasteiger partial charge in [-0.3, -0.25) is 9.98 Å². The third-order valence-corrected chi connectivity index (χ3v) is 5.01. The number of hydrogen-bond acceptors (Lipinski definition) is 3. The highest BCUT2D eigenvalue weighted by atomic mass is 35.5. The summed E-state index contributed by atoms with van der Waals surface area (Å²) in [4.78, 5) is 16.2. The molecule has 4 nitrogen and oxygen atoms in total. The number of halogens is 2. The fourth-order valence-corrected chi connectivity index (χ4v) is 3.56. The van der Waals surface area contributed by atoms with Crippen LogP contribution in [0.25, 0.3) is 39.0 Å². The van der Waals surface area contributed by atoms with Crippen LogP contribution in [-0.2, 0) is 0 Å². The number of pyridine rings is 1. The molecule has 0 aliphatic carbocycles. The first-order valence-electron chi connectivity index (χ1n) is 8.78. The van der Waals surface area contributed by atoms with E-state index in [2.05, 4.69) is 32.1 Å². The van der Waals surface area contributed by atoms with Gasteiger partial charge in [0.1, 0.15) is 5.82 Å². The van der Waals surface area contributed by atoms with Gasteiger partial charge in [-0.1, -0.05) is 23.7 Å². The monoisotopic (exact) mass is 388 g/mol. The molecule has 0 spiro atoms. The number of H-pyrrole nitrogens is 1. The van der Waals surface area contributed by atoms with E-state index in [0.717, 1.165) is 27.6 Å². The van der Waals surface area contributed by atoms with Crippen LogP contribution in [0.4, 0.5) is 4.39 Å². The molecule has 0 saturated heterocycles. The molecule has 6 heteroatoms. The molecule has 0 amide bonds. The lowest BCUT2D eigenvalue weighted by Crippen LogP contribution is -1.90. The van der Waals surface area contributed by atoms with E-state index in [1.165, 1.54) is 12.1 Å². The maximum atomic E-state index is 14.4. The van der Waals surface area contributed by atoms with Crippen LogP contribution in [0.3, 0.4) is 0 Å². The van der Waals surface area contributed by atoms with Crippen LogP contribution in [0.15, 0.2) is 66.1 Å². The zero-order valence-electron chi connectivity index (χ0n) is 14.7. The van der Waals surface area contributed by atoms with Crippen molar-refractivity contribution in [2.24, 2.45) is 4.99 Å². The van der Waals surface area contributed by atoms with E-state index in [0.29, 0.717) is 28.5 Å². The number of rotatable bonds is 3. The van der Waals surface area contributed by atoms with Gasteiger partial charge in [-0.15, -0.1) is 0 Å². The second kappa shape index (κ2) is 6.69. The molecule has 5 rings (SSSR count). The molecular formula is C22H14ClFN4. The van der Waals surface area contributed by atoms with Crippen molar-refractivity contribution in [3.8, 4) is 22.5 Å². The van der Waals surface area contributed by atoms with Crippen LogP contribution in [-0.4, -0.2) is 27.7 Å². The lowest BCUT2D eigenvalue weighted by atomic mass is 10.0. The molecule has 0 saturated carbocycles. The van der Waals surface area contributed by atoms with Gasteiger partial charge in [0.05, 0.1) is 29.8 Å². The molecule has 4 aromatic rings. The molecule has 0 atom stereocenters. The van der Waals surface area contributed by atoms with Gasteiger partial charge in [0.25, 0.3) is 0 Å². The summed E-state index contributed by atoms with van der Waals surface area (Å²) in [7, 11) is 0. The van der Waals surface area contributed by atoms with Gasteiger partial charge in [-0.2, -0.15) is 0 Å². The molecule has 3 heterocycles. The number of allylic oxidation sites excluding steroid dienone is 1. The molecule has 0 fully saturated rings. The van der Waals surface area contributed by atoms with Crippen LogP contribution in [0, 0.1) is 5.82 Å². The molecule has 0 unspecified atom stereocenters. The second-order valence-corrected chi connectivity index (χ2v) is 6.97. The Morgan fingerprint density at radius 3 is 2.75 bits per heavy atom. The number of fused-ring (bicyclic) bond motifs is 1. The van der Waals surface area contributed by atoms with Crippen LogP contribution in [0.1, 0.15) is 5.56 Å². The van der Waals surface area contributed by atoms with E-state index in [1.807, 2.05) is 30.6 Å². The number of aliphatic imine (C=N–C) groups is 1. The Morgan fingerprint density at radius 2 is 1.89 bits per heavy atom. The maximum Gasteiger partial charge on any atom is 0.132 e. The van der Waals surface area contributed by atoms with Crippen LogP contribution < -0.4 is 0 Å². The normalized spacial score (nSPS) is 13.3. The van der Waals surface area contributed by atoms with Gasteiger partial charge in [-0.25, -0.2) is 9.37 Å². The molecule has 0 radical (unpaired) electrons. The molecule has 1 aliphatic heterocycles. The summed E-state index contributed by atoms with van der Waals surface area (Å²) in [6.07, 6.45) is 7.34. The number of nitrogens with one attached hydrogen (secondary N) is 1. The molecule has 0 bridgehead atoms. The third kappa shape index (κ3) is 2.90. The molecule has 28 heavy (non-hydrogen) atoms. The highest BCUT2D eigenvalue weighted by Gasteiger charge is 2.15. The Hall–Kier alpha value is -3.31. The van der Waals surface area contributed by atoms with Gasteiger partial charge in [-0.05, 0) is 42.0 Å². The quantitative estimate of drug-likeness (QED) is 0.500. The van der Waals surface area contributed by atoms with E-state index in [-0.39, 0.29) is 5.82 Å². The predicted molar refractivity (Wildman–Crippen MR) is 111 cm³/mol. The second-order valence-electron chi connectivity index (χ2n) is 6.54. The Balaban J connectivity index is 1.63. The molecule has 1 N–H and O–H groups in total. The minimum absolute atomic E-state index is 0.355. The van der Waals surface area contributed by atoms with Crippen LogP contribution in [0.2, 0.25) is 5.02 Å². The molecule has 2 aromatic carbocycles. The Labute approximate surface area is 165 Å². The number of aromatic amines is 1. The Kier molecular flexibility index (Phi) is 4.02. The topological polar surface area (TPSA) is 53.9 Å². The van der Waals surface area contributed by atoms with E-state index in [4.69, 9.17) is 11.6 Å². The lowest BCUT2D eigenvalue weighted by molar-refractivity contribution is 0.631. The number of benzene rings is 2. The molecule has 2 aromatic heterocycles. The average molecular weight is 389 g/mol. The summed E-state index contributed by atoms with van der Waals surface area (Å²) in [5.74, 6) is -0.355. The third-order valence-electron chi connectivity index (χ3n) is 4.77. The summed E-state index contributed by atoms with van der Waals surface area (Å²) >= 11 is 6.06. The van der Waals surface area contributed by atoms with Crippen molar-refractivity contribution < 1.29 is 4.39 Å². The van der Waals surface area contributed by atoms with Gasteiger partial charge in [0.2, 0.25) is 0 Å². The number of imidazole rings is 1. The Bertz CT molecular complexity index is 1270. The fraction of sp³-hybridized carbons (Fsp3) is 0.0455. The summed E-state index contributed by atoms with van der Waals surface area (Å²) in [5, 5.41) is 1.45. The highest BCUT2D eigenvalue weighted by Crippen LogP contribution is 2.33. The number of hydrogen-bond donors (Lipinski definition) is 1. The lowest BCUT2D eigenvalue weighted by Gasteiger charge is -2.07. The van der Waals surface area contributed by atoms with Crippen molar-refractivity contribution in [1.82, 2.24) is 15.0 Å². The van der Waals surface area contributed by atoms with Gasteiger partial charge >= 0.3 is 0 Å². The van der Waals surface area contributed by atoms with E-state index < -0.39 is 0 Å². The van der Waals surface area contributed by atoms with Gasteiger partial charge in [0.15, 0.2) is 0 Å². The van der Waals surface area contributed by atoms with E-state index in [1.54, 1.807) is 12.4 Å². The minimum Gasteiger partial charge on any atom is -0.344 e.